The summed E-state index contributed by atoms with van der Waals surface area (Å²) in [6, 6.07) is -0.152. The summed E-state index contributed by atoms with van der Waals surface area (Å²) in [5, 5.41) is 8.12. The van der Waals surface area contributed by atoms with Gasteiger partial charge in [0, 0.05) is 18.0 Å². The molecule has 0 aliphatic heterocycles. The standard InChI is InChI=1S/C9H14N4O2S/c1-2-15-7-3-5(10)8(7)11-9(14)6-4-16-13-12-6/h4-5,7-8H,2-3,10H2,1H3,(H,11,14). The first-order chi connectivity index (χ1) is 7.72. The van der Waals surface area contributed by atoms with E-state index in [-0.39, 0.29) is 24.1 Å². The highest BCUT2D eigenvalue weighted by Crippen LogP contribution is 2.22. The molecule has 0 radical (unpaired) electrons. The van der Waals surface area contributed by atoms with Gasteiger partial charge in [0.15, 0.2) is 5.69 Å². The van der Waals surface area contributed by atoms with Gasteiger partial charge >= 0.3 is 0 Å². The van der Waals surface area contributed by atoms with Gasteiger partial charge in [0.05, 0.1) is 12.1 Å². The second kappa shape index (κ2) is 4.86. The number of aromatic nitrogens is 2. The zero-order valence-electron chi connectivity index (χ0n) is 8.92. The molecule has 3 atom stereocenters. The van der Waals surface area contributed by atoms with E-state index in [1.807, 2.05) is 6.92 Å². The first kappa shape index (κ1) is 11.4. The van der Waals surface area contributed by atoms with Crippen LogP contribution >= 0.6 is 11.5 Å². The van der Waals surface area contributed by atoms with Gasteiger partial charge in [-0.15, -0.1) is 5.10 Å². The maximum absolute atomic E-state index is 11.7. The molecule has 6 nitrogen and oxygen atoms in total. The Balaban J connectivity index is 1.91. The van der Waals surface area contributed by atoms with Crippen LogP contribution in [0.4, 0.5) is 0 Å². The highest BCUT2D eigenvalue weighted by Gasteiger charge is 2.40. The van der Waals surface area contributed by atoms with E-state index in [2.05, 4.69) is 14.9 Å². The Kier molecular flexibility index (Phi) is 3.47. The molecule has 0 bridgehead atoms. The van der Waals surface area contributed by atoms with Crippen molar-refractivity contribution < 1.29 is 9.53 Å². The minimum absolute atomic E-state index is 0.0237. The Morgan fingerprint density at radius 1 is 1.81 bits per heavy atom. The minimum Gasteiger partial charge on any atom is -0.376 e. The summed E-state index contributed by atoms with van der Waals surface area (Å²) in [7, 11) is 0. The van der Waals surface area contributed by atoms with Crippen molar-refractivity contribution in [2.24, 2.45) is 5.73 Å². The van der Waals surface area contributed by atoms with Gasteiger partial charge in [-0.2, -0.15) is 0 Å². The van der Waals surface area contributed by atoms with Gasteiger partial charge in [-0.25, -0.2) is 0 Å². The van der Waals surface area contributed by atoms with E-state index in [1.165, 1.54) is 0 Å². The van der Waals surface area contributed by atoms with Gasteiger partial charge in [-0.1, -0.05) is 4.49 Å². The van der Waals surface area contributed by atoms with Crippen LogP contribution in [-0.2, 0) is 4.74 Å². The number of nitrogens with one attached hydrogen (secondary N) is 1. The molecule has 1 amide bonds. The minimum atomic E-state index is -0.237. The number of rotatable bonds is 4. The van der Waals surface area contributed by atoms with E-state index in [4.69, 9.17) is 10.5 Å². The van der Waals surface area contributed by atoms with E-state index in [1.54, 1.807) is 5.38 Å². The van der Waals surface area contributed by atoms with Gasteiger partial charge in [-0.3, -0.25) is 4.79 Å². The average molecular weight is 242 g/mol. The van der Waals surface area contributed by atoms with Crippen LogP contribution in [0.15, 0.2) is 5.38 Å². The Bertz CT molecular complexity index is 354. The number of nitrogens with two attached hydrogens (primary N) is 1. The molecule has 16 heavy (non-hydrogen) atoms. The monoisotopic (exact) mass is 242 g/mol. The van der Waals surface area contributed by atoms with Crippen LogP contribution in [0.25, 0.3) is 0 Å². The fraction of sp³-hybridized carbons (Fsp3) is 0.667. The van der Waals surface area contributed by atoms with E-state index < -0.39 is 0 Å². The Hall–Kier alpha value is -1.05. The predicted octanol–water partition coefficient (Wildman–Crippen LogP) is -0.227. The van der Waals surface area contributed by atoms with E-state index in [0.717, 1.165) is 18.0 Å². The van der Waals surface area contributed by atoms with Gasteiger partial charge in [0.25, 0.3) is 5.91 Å². The third kappa shape index (κ3) is 2.21. The van der Waals surface area contributed by atoms with Crippen molar-refractivity contribution in [2.45, 2.75) is 31.5 Å². The van der Waals surface area contributed by atoms with Crippen molar-refractivity contribution in [1.29, 1.82) is 0 Å². The normalized spacial score (nSPS) is 28.5. The number of amides is 1. The molecule has 1 aliphatic carbocycles. The van der Waals surface area contributed by atoms with Crippen LogP contribution in [-0.4, -0.2) is 40.3 Å². The van der Waals surface area contributed by atoms with Gasteiger partial charge in [0.1, 0.15) is 0 Å². The zero-order valence-corrected chi connectivity index (χ0v) is 9.74. The molecular formula is C9H14N4O2S. The van der Waals surface area contributed by atoms with Crippen LogP contribution in [0.5, 0.6) is 0 Å². The summed E-state index contributed by atoms with van der Waals surface area (Å²) in [5.41, 5.74) is 6.15. The molecule has 88 valence electrons. The lowest BCUT2D eigenvalue weighted by Crippen LogP contribution is -2.64. The number of ether oxygens (including phenoxy) is 1. The van der Waals surface area contributed by atoms with Gasteiger partial charge < -0.3 is 15.8 Å². The lowest BCUT2D eigenvalue weighted by atomic mass is 9.83. The topological polar surface area (TPSA) is 90.1 Å². The molecular weight excluding hydrogens is 228 g/mol. The van der Waals surface area contributed by atoms with E-state index >= 15 is 0 Å². The molecule has 3 N–H and O–H groups in total. The Morgan fingerprint density at radius 2 is 2.62 bits per heavy atom. The lowest BCUT2D eigenvalue weighted by molar-refractivity contribution is -0.0300. The number of hydrogen-bond donors (Lipinski definition) is 2. The van der Waals surface area contributed by atoms with Crippen molar-refractivity contribution in [2.75, 3.05) is 6.61 Å². The Morgan fingerprint density at radius 3 is 3.19 bits per heavy atom. The maximum Gasteiger partial charge on any atom is 0.273 e. The second-order valence-electron chi connectivity index (χ2n) is 3.68. The van der Waals surface area contributed by atoms with E-state index in [0.29, 0.717) is 12.3 Å². The largest absolute Gasteiger partial charge is 0.376 e. The summed E-state index contributed by atoms with van der Waals surface area (Å²) in [4.78, 5) is 11.7. The molecule has 1 saturated carbocycles. The summed E-state index contributed by atoms with van der Waals surface area (Å²) in [6.45, 7) is 2.55. The molecule has 0 aromatic carbocycles. The number of carbonyl (C=O) groups excluding carboxylic acids is 1. The van der Waals surface area contributed by atoms with Gasteiger partial charge in [0.2, 0.25) is 0 Å². The van der Waals surface area contributed by atoms with Crippen LogP contribution in [0.2, 0.25) is 0 Å². The Labute approximate surface area is 97.3 Å². The molecule has 3 unspecified atom stereocenters. The number of nitrogens with zero attached hydrogens (tertiary/aromatic N) is 2. The van der Waals surface area contributed by atoms with Gasteiger partial charge in [-0.05, 0) is 24.9 Å². The third-order valence-corrected chi connectivity index (χ3v) is 3.14. The lowest BCUT2D eigenvalue weighted by Gasteiger charge is -2.42. The highest BCUT2D eigenvalue weighted by molar-refractivity contribution is 7.03. The van der Waals surface area contributed by atoms with Crippen molar-refractivity contribution in [3.8, 4) is 0 Å². The zero-order chi connectivity index (χ0) is 11.5. The fourth-order valence-electron chi connectivity index (χ4n) is 1.72. The van der Waals surface area contributed by atoms with Crippen molar-refractivity contribution in [3.63, 3.8) is 0 Å². The molecule has 0 saturated heterocycles. The van der Waals surface area contributed by atoms with Crippen molar-refractivity contribution in [1.82, 2.24) is 14.9 Å². The first-order valence-electron chi connectivity index (χ1n) is 5.17. The maximum atomic E-state index is 11.7. The van der Waals surface area contributed by atoms with Crippen LogP contribution in [0, 0.1) is 0 Å². The summed E-state index contributed by atoms with van der Waals surface area (Å²) in [6.07, 6.45) is 0.809. The third-order valence-electron chi connectivity index (χ3n) is 2.64. The molecule has 1 aromatic rings. The predicted molar refractivity (Wildman–Crippen MR) is 59.2 cm³/mol. The molecule has 1 fully saturated rings. The SMILES string of the molecule is CCOC1CC(N)C1NC(=O)c1csnn1. The molecule has 7 heteroatoms. The molecule has 2 rings (SSSR count). The average Bonchev–Trinajstić information content (AvgIpc) is 2.79. The summed E-state index contributed by atoms with van der Waals surface area (Å²) in [5.74, 6) is -0.237. The smallest absolute Gasteiger partial charge is 0.273 e. The van der Waals surface area contributed by atoms with E-state index in [9.17, 15) is 4.79 Å². The summed E-state index contributed by atoms with van der Waals surface area (Å²) >= 11 is 1.15. The summed E-state index contributed by atoms with van der Waals surface area (Å²) < 4.78 is 9.09. The first-order valence-corrected chi connectivity index (χ1v) is 6.01. The number of hydrogen-bond acceptors (Lipinski definition) is 6. The molecule has 1 aromatic heterocycles. The van der Waals surface area contributed by atoms with Crippen molar-refractivity contribution >= 4 is 17.4 Å². The molecule has 1 heterocycles. The fourth-order valence-corrected chi connectivity index (χ4v) is 2.15. The van der Waals surface area contributed by atoms with Crippen LogP contribution < -0.4 is 11.1 Å². The molecule has 1 aliphatic rings. The van der Waals surface area contributed by atoms with Crippen LogP contribution in [0.1, 0.15) is 23.8 Å². The molecule has 0 spiro atoms. The van der Waals surface area contributed by atoms with Crippen LogP contribution in [0.3, 0.4) is 0 Å². The highest BCUT2D eigenvalue weighted by atomic mass is 32.1. The second-order valence-corrected chi connectivity index (χ2v) is 4.29. The van der Waals surface area contributed by atoms with Crippen molar-refractivity contribution in [3.05, 3.63) is 11.1 Å². The quantitative estimate of drug-likeness (QED) is 0.761. The number of carbonyl (C=O) groups is 1.